The number of aliphatic hydroxyl groups is 1. The summed E-state index contributed by atoms with van der Waals surface area (Å²) in [6.45, 7) is 32.7. The lowest BCUT2D eigenvalue weighted by Gasteiger charge is -2.33. The van der Waals surface area contributed by atoms with E-state index < -0.39 is 11.7 Å². The Labute approximate surface area is 319 Å². The molecule has 0 aromatic rings. The van der Waals surface area contributed by atoms with Gasteiger partial charge in [0.05, 0.1) is 18.3 Å². The van der Waals surface area contributed by atoms with Crippen LogP contribution in [-0.4, -0.2) is 84.9 Å². The summed E-state index contributed by atoms with van der Waals surface area (Å²) in [5, 5.41) is 22.2. The largest absolute Gasteiger partial charge is 0.416 e. The molecular formula is C43H82F3N5O. The van der Waals surface area contributed by atoms with Gasteiger partial charge in [0, 0.05) is 44.0 Å². The van der Waals surface area contributed by atoms with Crippen LogP contribution < -0.4 is 10.6 Å². The first-order valence-corrected chi connectivity index (χ1v) is 19.8. The molecule has 4 N–H and O–H groups in total. The Morgan fingerprint density at radius 2 is 1.71 bits per heavy atom. The van der Waals surface area contributed by atoms with E-state index in [-0.39, 0.29) is 18.6 Å². The van der Waals surface area contributed by atoms with Crippen molar-refractivity contribution < 1.29 is 18.3 Å². The molecule has 0 aromatic heterocycles. The Hall–Kier alpha value is -2.20. The molecule has 0 bridgehead atoms. The summed E-state index contributed by atoms with van der Waals surface area (Å²) in [5.74, 6) is 1.85. The summed E-state index contributed by atoms with van der Waals surface area (Å²) in [4.78, 5) is 4.76. The molecule has 4 unspecified atom stereocenters. The van der Waals surface area contributed by atoms with Gasteiger partial charge in [0.15, 0.2) is 0 Å². The maximum atomic E-state index is 13.0. The van der Waals surface area contributed by atoms with Crippen LogP contribution in [0.2, 0.25) is 0 Å². The van der Waals surface area contributed by atoms with Gasteiger partial charge in [0.1, 0.15) is 0 Å². The van der Waals surface area contributed by atoms with Crippen molar-refractivity contribution in [1.82, 2.24) is 20.4 Å². The van der Waals surface area contributed by atoms with Crippen LogP contribution in [0.4, 0.5) is 13.2 Å². The predicted molar refractivity (Wildman–Crippen MR) is 223 cm³/mol. The fraction of sp³-hybridized carbons (Fsp3) is 0.744. The third-order valence-corrected chi connectivity index (χ3v) is 7.98. The van der Waals surface area contributed by atoms with Gasteiger partial charge in [-0.05, 0) is 90.0 Å². The molecule has 2 rings (SSSR count). The summed E-state index contributed by atoms with van der Waals surface area (Å²) >= 11 is 0. The lowest BCUT2D eigenvalue weighted by Crippen LogP contribution is -2.48. The van der Waals surface area contributed by atoms with Gasteiger partial charge in [-0.3, -0.25) is 9.80 Å². The SMILES string of the molecule is C=CC(CCC(C)C)N(C)C1CCN(CCO)CCN1.CC.CC(C)=N.CC(C)C.CCCC(C)CC=C(/C=C/NC1C=CC(C)=CC1)C(F)(F)F. The molecule has 1 heterocycles. The maximum Gasteiger partial charge on any atom is 0.416 e. The van der Waals surface area contributed by atoms with E-state index in [0.717, 1.165) is 69.8 Å². The summed E-state index contributed by atoms with van der Waals surface area (Å²) in [6.07, 6.45) is 14.8. The molecule has 0 amide bonds. The number of nitrogens with one attached hydrogen (secondary N) is 3. The molecular weight excluding hydrogens is 660 g/mol. The minimum atomic E-state index is -4.30. The average molecular weight is 742 g/mol. The standard InChI is InChI=1S/C18H26F3N.C16H33N3O.C4H10.C3H7N.C2H6/c1-4-5-14(2)6-9-16(18(19,20)21)12-13-22-17-10-7-15(3)8-11-17;1-5-15(7-6-14(2)3)18(4)16-8-10-19(12-13-20)11-9-17-16;1-4(2)3;1-3(2)4;1-2/h7-10,12-14,17,22H,4-6,11H2,1-3H3;5,14-17,20H,1,6-13H2,2-4H3;4H,1-3H3;4H,1-2H3;1-2H3/b13-12+,16-9?;;;;. The third kappa shape index (κ3) is 32.5. The molecule has 0 radical (unpaired) electrons. The van der Waals surface area contributed by atoms with Gasteiger partial charge >= 0.3 is 6.18 Å². The molecule has 1 fully saturated rings. The van der Waals surface area contributed by atoms with Crippen molar-refractivity contribution in [1.29, 1.82) is 5.41 Å². The van der Waals surface area contributed by atoms with Crippen LogP contribution in [-0.2, 0) is 0 Å². The molecule has 52 heavy (non-hydrogen) atoms. The highest BCUT2D eigenvalue weighted by molar-refractivity contribution is 5.75. The zero-order chi connectivity index (χ0) is 40.7. The topological polar surface area (TPSA) is 74.6 Å². The Kier molecular flexibility index (Phi) is 34.8. The van der Waals surface area contributed by atoms with Gasteiger partial charge in [0.25, 0.3) is 0 Å². The number of rotatable bonds is 15. The minimum Gasteiger partial charge on any atom is -0.395 e. The summed E-state index contributed by atoms with van der Waals surface area (Å²) in [5.41, 5.74) is 1.28. The Balaban J connectivity index is -0.000000737. The first-order chi connectivity index (χ1) is 24.4. The van der Waals surface area contributed by atoms with Crippen LogP contribution in [0.5, 0.6) is 0 Å². The molecule has 2 aliphatic rings. The van der Waals surface area contributed by atoms with Crippen molar-refractivity contribution in [2.75, 3.05) is 39.8 Å². The molecule has 1 saturated heterocycles. The van der Waals surface area contributed by atoms with Gasteiger partial charge in [-0.15, -0.1) is 6.58 Å². The van der Waals surface area contributed by atoms with Crippen LogP contribution in [0.3, 0.4) is 0 Å². The smallest absolute Gasteiger partial charge is 0.395 e. The number of aliphatic hydroxyl groups excluding tert-OH is 1. The number of halogens is 3. The third-order valence-electron chi connectivity index (χ3n) is 7.98. The fourth-order valence-electron chi connectivity index (χ4n) is 5.17. The summed E-state index contributed by atoms with van der Waals surface area (Å²) in [7, 11) is 2.20. The molecule has 1 aliphatic carbocycles. The lowest BCUT2D eigenvalue weighted by atomic mass is 10.0. The highest BCUT2D eigenvalue weighted by Crippen LogP contribution is 2.28. The number of nitrogens with zero attached hydrogens (tertiary/aromatic N) is 2. The molecule has 0 saturated carbocycles. The molecule has 0 aromatic carbocycles. The van der Waals surface area contributed by atoms with Gasteiger partial charge in [-0.25, -0.2) is 0 Å². The van der Waals surface area contributed by atoms with Crippen molar-refractivity contribution in [3.8, 4) is 0 Å². The van der Waals surface area contributed by atoms with Crippen LogP contribution in [0.25, 0.3) is 0 Å². The second-order valence-electron chi connectivity index (χ2n) is 14.9. The average Bonchev–Trinajstić information content (AvgIpc) is 3.30. The van der Waals surface area contributed by atoms with E-state index in [4.69, 9.17) is 10.5 Å². The van der Waals surface area contributed by atoms with Gasteiger partial charge in [0.2, 0.25) is 0 Å². The van der Waals surface area contributed by atoms with Gasteiger partial charge in [-0.1, -0.05) is 111 Å². The zero-order valence-electron chi connectivity index (χ0n) is 35.7. The van der Waals surface area contributed by atoms with Crippen LogP contribution >= 0.6 is 0 Å². The molecule has 306 valence electrons. The normalized spacial score (nSPS) is 19.1. The van der Waals surface area contributed by atoms with E-state index in [1.807, 2.05) is 46.8 Å². The second kappa shape index (κ2) is 33.4. The number of alkyl halides is 3. The Morgan fingerprint density at radius 1 is 1.12 bits per heavy atom. The van der Waals surface area contributed by atoms with E-state index in [9.17, 15) is 13.2 Å². The van der Waals surface area contributed by atoms with Gasteiger partial charge in [-0.2, -0.15) is 13.2 Å². The molecule has 4 atom stereocenters. The minimum absolute atomic E-state index is 0.0634. The highest BCUT2D eigenvalue weighted by atomic mass is 19.4. The van der Waals surface area contributed by atoms with Crippen LogP contribution in [0.15, 0.2) is 60.4 Å². The maximum absolute atomic E-state index is 13.0. The van der Waals surface area contributed by atoms with Gasteiger partial charge < -0.3 is 21.1 Å². The Bertz CT molecular complexity index is 996. The van der Waals surface area contributed by atoms with Crippen LogP contribution in [0.1, 0.15) is 128 Å². The van der Waals surface area contributed by atoms with E-state index in [1.165, 1.54) is 30.7 Å². The highest BCUT2D eigenvalue weighted by Gasteiger charge is 2.31. The Morgan fingerprint density at radius 3 is 2.17 bits per heavy atom. The van der Waals surface area contributed by atoms with Crippen molar-refractivity contribution >= 4 is 5.71 Å². The molecule has 9 heteroatoms. The van der Waals surface area contributed by atoms with Crippen LogP contribution in [0, 0.1) is 23.2 Å². The number of β-amino-alcohol motifs (C(OH)–C–C–N with tert-alkyl or cyclic N) is 1. The van der Waals surface area contributed by atoms with Crippen molar-refractivity contribution in [2.24, 2.45) is 17.8 Å². The summed E-state index contributed by atoms with van der Waals surface area (Å²) < 4.78 is 39.0. The van der Waals surface area contributed by atoms with E-state index in [0.29, 0.717) is 24.3 Å². The van der Waals surface area contributed by atoms with Crippen molar-refractivity contribution in [3.63, 3.8) is 0 Å². The first kappa shape index (κ1) is 54.1. The van der Waals surface area contributed by atoms with Crippen molar-refractivity contribution in [3.05, 3.63) is 60.4 Å². The van der Waals surface area contributed by atoms with E-state index >= 15 is 0 Å². The molecule has 1 aliphatic heterocycles. The van der Waals surface area contributed by atoms with Crippen molar-refractivity contribution in [2.45, 2.75) is 152 Å². The fourth-order valence-corrected chi connectivity index (χ4v) is 5.17. The lowest BCUT2D eigenvalue weighted by molar-refractivity contribution is -0.0885. The second-order valence-corrected chi connectivity index (χ2v) is 14.9. The van der Waals surface area contributed by atoms with E-state index in [1.54, 1.807) is 13.8 Å². The predicted octanol–water partition coefficient (Wildman–Crippen LogP) is 10.9. The quantitative estimate of drug-likeness (QED) is 0.0764. The number of allylic oxidation sites excluding steroid dienone is 5. The summed E-state index contributed by atoms with van der Waals surface area (Å²) in [6, 6.07) is 0.507. The molecule has 6 nitrogen and oxygen atoms in total. The number of hydrogen-bond donors (Lipinski definition) is 4. The first-order valence-electron chi connectivity index (χ1n) is 19.8. The number of likely N-dealkylation sites (N-methyl/N-ethyl adjacent to an activating group) is 1. The van der Waals surface area contributed by atoms with E-state index in [2.05, 4.69) is 80.8 Å². The monoisotopic (exact) mass is 742 g/mol. The molecule has 0 spiro atoms. The number of hydrogen-bond acceptors (Lipinski definition) is 6. The zero-order valence-corrected chi connectivity index (χ0v) is 35.7.